The van der Waals surface area contributed by atoms with Gasteiger partial charge in [-0.2, -0.15) is 0 Å². The van der Waals surface area contributed by atoms with Crippen molar-refractivity contribution in [3.63, 3.8) is 0 Å². The van der Waals surface area contributed by atoms with Crippen LogP contribution in [0.2, 0.25) is 0 Å². The van der Waals surface area contributed by atoms with E-state index in [9.17, 15) is 9.59 Å². The van der Waals surface area contributed by atoms with Crippen molar-refractivity contribution in [2.24, 2.45) is 0 Å². The van der Waals surface area contributed by atoms with E-state index in [0.717, 1.165) is 17.4 Å². The fourth-order valence-electron chi connectivity index (χ4n) is 3.19. The van der Waals surface area contributed by atoms with E-state index in [1.54, 1.807) is 0 Å². The number of carbonyl (C=O) groups excluding carboxylic acids is 1. The monoisotopic (exact) mass is 373 g/mol. The molecule has 0 aliphatic rings. The first-order chi connectivity index (χ1) is 13.7. The van der Waals surface area contributed by atoms with Crippen LogP contribution in [0.15, 0.2) is 77.9 Å². The van der Waals surface area contributed by atoms with Crippen molar-refractivity contribution in [3.05, 3.63) is 94.5 Å². The molecule has 4 rings (SSSR count). The second-order valence-corrected chi connectivity index (χ2v) is 6.40. The highest BCUT2D eigenvalue weighted by molar-refractivity contribution is 6.08. The number of fused-ring (bicyclic) bond motifs is 1. The largest absolute Gasteiger partial charge is 0.491 e. The number of anilines is 1. The molecule has 28 heavy (non-hydrogen) atoms. The van der Waals surface area contributed by atoms with Gasteiger partial charge in [0, 0.05) is 30.4 Å². The zero-order chi connectivity index (χ0) is 19.5. The molecule has 6 nitrogen and oxygen atoms in total. The first-order valence-electron chi connectivity index (χ1n) is 8.85. The summed E-state index contributed by atoms with van der Waals surface area (Å²) in [6.07, 6.45) is 3.39. The Morgan fingerprint density at radius 3 is 2.68 bits per heavy atom. The molecule has 2 N–H and O–H groups in total. The molecule has 0 saturated heterocycles. The number of benzene rings is 2. The summed E-state index contributed by atoms with van der Waals surface area (Å²) < 4.78 is 7.06. The Bertz CT molecular complexity index is 1190. The molecule has 140 valence electrons. The van der Waals surface area contributed by atoms with E-state index in [2.05, 4.69) is 27.0 Å². The molecule has 0 aliphatic heterocycles. The first kappa shape index (κ1) is 17.6. The third-order valence-corrected chi connectivity index (χ3v) is 4.60. The number of amides is 1. The van der Waals surface area contributed by atoms with Crippen LogP contribution in [0.3, 0.4) is 0 Å². The van der Waals surface area contributed by atoms with Crippen molar-refractivity contribution in [2.75, 3.05) is 12.4 Å². The second kappa shape index (κ2) is 7.44. The number of aromatic nitrogens is 2. The number of methoxy groups -OCH3 is 1. The van der Waals surface area contributed by atoms with E-state index in [4.69, 9.17) is 4.74 Å². The minimum Gasteiger partial charge on any atom is -0.491 e. The normalized spacial score (nSPS) is 10.8. The molecule has 0 saturated carbocycles. The third kappa shape index (κ3) is 3.40. The standard InChI is InChI=1S/C22H19N3O3/c1-28-21-13-23-18(12-20(21)26)22(27)24-17-8-5-9-19-16(17)10-11-25(19)14-15-6-3-2-4-7-15/h2-13H,14H2,1H3,(H,23,26)(H,24,27). The van der Waals surface area contributed by atoms with Crippen LogP contribution in [0.25, 0.3) is 10.9 Å². The molecule has 0 aliphatic carbocycles. The van der Waals surface area contributed by atoms with Gasteiger partial charge in [-0.25, -0.2) is 0 Å². The van der Waals surface area contributed by atoms with Gasteiger partial charge in [-0.3, -0.25) is 9.59 Å². The van der Waals surface area contributed by atoms with Crippen LogP contribution in [0.5, 0.6) is 5.75 Å². The summed E-state index contributed by atoms with van der Waals surface area (Å²) in [5.74, 6) is -0.222. The zero-order valence-corrected chi connectivity index (χ0v) is 15.3. The van der Waals surface area contributed by atoms with Gasteiger partial charge >= 0.3 is 0 Å². The number of nitrogens with one attached hydrogen (secondary N) is 2. The first-order valence-corrected chi connectivity index (χ1v) is 8.85. The summed E-state index contributed by atoms with van der Waals surface area (Å²) in [7, 11) is 1.41. The molecule has 0 radical (unpaired) electrons. The molecule has 0 bridgehead atoms. The van der Waals surface area contributed by atoms with Gasteiger partial charge in [0.1, 0.15) is 5.69 Å². The highest BCUT2D eigenvalue weighted by Crippen LogP contribution is 2.25. The van der Waals surface area contributed by atoms with Crippen LogP contribution in [0.1, 0.15) is 16.1 Å². The highest BCUT2D eigenvalue weighted by Gasteiger charge is 2.12. The van der Waals surface area contributed by atoms with Gasteiger partial charge in [0.05, 0.1) is 18.3 Å². The summed E-state index contributed by atoms with van der Waals surface area (Å²) in [5.41, 5.74) is 2.73. The number of H-pyrrole nitrogens is 1. The van der Waals surface area contributed by atoms with E-state index in [-0.39, 0.29) is 22.8 Å². The van der Waals surface area contributed by atoms with Crippen molar-refractivity contribution >= 4 is 22.5 Å². The van der Waals surface area contributed by atoms with E-state index in [1.807, 2.05) is 48.7 Å². The predicted octanol–water partition coefficient (Wildman–Crippen LogP) is 3.64. The summed E-state index contributed by atoms with van der Waals surface area (Å²) >= 11 is 0. The Labute approximate surface area is 161 Å². The maximum absolute atomic E-state index is 12.6. The maximum atomic E-state index is 12.6. The number of aromatic amines is 1. The van der Waals surface area contributed by atoms with Crippen molar-refractivity contribution in [1.29, 1.82) is 0 Å². The Morgan fingerprint density at radius 1 is 1.11 bits per heavy atom. The quantitative estimate of drug-likeness (QED) is 0.561. The second-order valence-electron chi connectivity index (χ2n) is 6.40. The number of ether oxygens (including phenoxy) is 1. The molecular formula is C22H19N3O3. The average Bonchev–Trinajstić information content (AvgIpc) is 3.12. The Morgan fingerprint density at radius 2 is 1.93 bits per heavy atom. The number of hydrogen-bond donors (Lipinski definition) is 2. The van der Waals surface area contributed by atoms with Gasteiger partial charge in [-0.15, -0.1) is 0 Å². The average molecular weight is 373 g/mol. The SMILES string of the molecule is COc1c[nH]c(C(=O)Nc2cccc3c2ccn3Cc2ccccc2)cc1=O. The van der Waals surface area contributed by atoms with Crippen molar-refractivity contribution in [3.8, 4) is 5.75 Å². The molecule has 6 heteroatoms. The van der Waals surface area contributed by atoms with Gasteiger partial charge in [0.2, 0.25) is 5.43 Å². The molecule has 0 spiro atoms. The smallest absolute Gasteiger partial charge is 0.272 e. The third-order valence-electron chi connectivity index (χ3n) is 4.60. The molecule has 0 atom stereocenters. The van der Waals surface area contributed by atoms with Crippen LogP contribution < -0.4 is 15.5 Å². The summed E-state index contributed by atoms with van der Waals surface area (Å²) in [6.45, 7) is 0.744. The van der Waals surface area contributed by atoms with Crippen molar-refractivity contribution in [2.45, 2.75) is 6.54 Å². The molecular weight excluding hydrogens is 354 g/mol. The zero-order valence-electron chi connectivity index (χ0n) is 15.3. The van der Waals surface area contributed by atoms with Crippen LogP contribution in [-0.4, -0.2) is 22.6 Å². The summed E-state index contributed by atoms with van der Waals surface area (Å²) in [6, 6.07) is 19.2. The van der Waals surface area contributed by atoms with E-state index in [1.165, 1.54) is 24.9 Å². The lowest BCUT2D eigenvalue weighted by molar-refractivity contribution is 0.102. The van der Waals surface area contributed by atoms with E-state index in [0.29, 0.717) is 5.69 Å². The van der Waals surface area contributed by atoms with Gasteiger partial charge in [-0.1, -0.05) is 36.4 Å². The number of pyridine rings is 1. The van der Waals surface area contributed by atoms with Gasteiger partial charge in [0.25, 0.3) is 5.91 Å². The van der Waals surface area contributed by atoms with E-state index >= 15 is 0 Å². The minimum atomic E-state index is -0.386. The maximum Gasteiger partial charge on any atom is 0.272 e. The number of carbonyl (C=O) groups is 1. The highest BCUT2D eigenvalue weighted by atomic mass is 16.5. The van der Waals surface area contributed by atoms with Crippen molar-refractivity contribution in [1.82, 2.24) is 9.55 Å². The molecule has 4 aromatic rings. The van der Waals surface area contributed by atoms with Crippen LogP contribution in [0.4, 0.5) is 5.69 Å². The molecule has 2 heterocycles. The number of nitrogens with zero attached hydrogens (tertiary/aromatic N) is 1. The Hall–Kier alpha value is -3.80. The Balaban J connectivity index is 1.62. The predicted molar refractivity (Wildman–Crippen MR) is 109 cm³/mol. The Kier molecular flexibility index (Phi) is 4.68. The fourth-order valence-corrected chi connectivity index (χ4v) is 3.19. The van der Waals surface area contributed by atoms with Gasteiger partial charge < -0.3 is 19.6 Å². The van der Waals surface area contributed by atoms with Gasteiger partial charge in [0.15, 0.2) is 5.75 Å². The molecule has 0 unspecified atom stereocenters. The lowest BCUT2D eigenvalue weighted by Crippen LogP contribution is -2.17. The van der Waals surface area contributed by atoms with Crippen LogP contribution >= 0.6 is 0 Å². The summed E-state index contributed by atoms with van der Waals surface area (Å²) in [5, 5.41) is 3.81. The van der Waals surface area contributed by atoms with Crippen molar-refractivity contribution < 1.29 is 9.53 Å². The molecule has 2 aromatic carbocycles. The molecule has 0 fully saturated rings. The lowest BCUT2D eigenvalue weighted by atomic mass is 10.2. The number of rotatable bonds is 5. The topological polar surface area (TPSA) is 76.1 Å². The molecule has 2 aromatic heterocycles. The van der Waals surface area contributed by atoms with E-state index < -0.39 is 0 Å². The molecule has 1 amide bonds. The fraction of sp³-hybridized carbons (Fsp3) is 0.0909. The summed E-state index contributed by atoms with van der Waals surface area (Å²) in [4.78, 5) is 27.3. The van der Waals surface area contributed by atoms with Gasteiger partial charge in [-0.05, 0) is 23.8 Å². The lowest BCUT2D eigenvalue weighted by Gasteiger charge is -2.09. The van der Waals surface area contributed by atoms with Crippen LogP contribution in [0, 0.1) is 0 Å². The number of hydrogen-bond acceptors (Lipinski definition) is 3. The minimum absolute atomic E-state index is 0.164. The van der Waals surface area contributed by atoms with Crippen LogP contribution in [-0.2, 0) is 6.54 Å².